The lowest BCUT2D eigenvalue weighted by Crippen LogP contribution is -1.97. The summed E-state index contributed by atoms with van der Waals surface area (Å²) < 4.78 is 0. The standard InChI is InChI=1S/C10H15NOS/c1-7-10(13-6-11-7)9(12)5-4-8-2-3-8/h6,8-9,12H,2-5H2,1H3. The number of thiazole rings is 1. The third-order valence-corrected chi connectivity index (χ3v) is 3.66. The largest absolute Gasteiger partial charge is 0.388 e. The molecule has 0 spiro atoms. The molecule has 1 aromatic rings. The lowest BCUT2D eigenvalue weighted by Gasteiger charge is -2.07. The average Bonchev–Trinajstić information content (AvgIpc) is 2.84. The molecule has 13 heavy (non-hydrogen) atoms. The summed E-state index contributed by atoms with van der Waals surface area (Å²) in [6.07, 6.45) is 4.56. The Kier molecular flexibility index (Phi) is 2.65. The third-order valence-electron chi connectivity index (χ3n) is 2.63. The molecule has 0 aliphatic heterocycles. The van der Waals surface area contributed by atoms with Gasteiger partial charge < -0.3 is 5.11 Å². The van der Waals surface area contributed by atoms with Crippen molar-refractivity contribution in [3.05, 3.63) is 16.1 Å². The molecule has 0 aromatic carbocycles. The fraction of sp³-hybridized carbons (Fsp3) is 0.700. The zero-order chi connectivity index (χ0) is 9.26. The van der Waals surface area contributed by atoms with Crippen molar-refractivity contribution in [2.24, 2.45) is 5.92 Å². The molecule has 0 saturated heterocycles. The van der Waals surface area contributed by atoms with Gasteiger partial charge >= 0.3 is 0 Å². The van der Waals surface area contributed by atoms with E-state index >= 15 is 0 Å². The van der Waals surface area contributed by atoms with E-state index in [1.165, 1.54) is 19.3 Å². The summed E-state index contributed by atoms with van der Waals surface area (Å²) in [6.45, 7) is 1.96. The van der Waals surface area contributed by atoms with Crippen LogP contribution in [0.15, 0.2) is 5.51 Å². The second-order valence-electron chi connectivity index (χ2n) is 3.84. The Hall–Kier alpha value is -0.410. The topological polar surface area (TPSA) is 33.1 Å². The fourth-order valence-electron chi connectivity index (χ4n) is 1.56. The van der Waals surface area contributed by atoms with Crippen LogP contribution in [0.3, 0.4) is 0 Å². The maximum Gasteiger partial charge on any atom is 0.0900 e. The van der Waals surface area contributed by atoms with E-state index < -0.39 is 0 Å². The Balaban J connectivity index is 1.88. The summed E-state index contributed by atoms with van der Waals surface area (Å²) in [5.74, 6) is 0.905. The van der Waals surface area contributed by atoms with E-state index in [-0.39, 0.29) is 6.10 Å². The van der Waals surface area contributed by atoms with Gasteiger partial charge in [0.15, 0.2) is 0 Å². The second-order valence-corrected chi connectivity index (χ2v) is 4.72. The van der Waals surface area contributed by atoms with Gasteiger partial charge in [-0.25, -0.2) is 4.98 Å². The molecule has 0 radical (unpaired) electrons. The molecule has 1 aliphatic rings. The Morgan fingerprint density at radius 2 is 2.46 bits per heavy atom. The highest BCUT2D eigenvalue weighted by atomic mass is 32.1. The van der Waals surface area contributed by atoms with Crippen LogP contribution < -0.4 is 0 Å². The summed E-state index contributed by atoms with van der Waals surface area (Å²) in [4.78, 5) is 5.20. The predicted octanol–water partition coefficient (Wildman–Crippen LogP) is 2.68. The molecule has 1 aliphatic carbocycles. The lowest BCUT2D eigenvalue weighted by atomic mass is 10.1. The minimum Gasteiger partial charge on any atom is -0.388 e. The molecule has 1 heterocycles. The summed E-state index contributed by atoms with van der Waals surface area (Å²) in [7, 11) is 0. The van der Waals surface area contributed by atoms with Gasteiger partial charge in [-0.05, 0) is 25.7 Å². The van der Waals surface area contributed by atoms with Gasteiger partial charge in [0.05, 0.1) is 22.2 Å². The van der Waals surface area contributed by atoms with E-state index in [1.807, 2.05) is 12.4 Å². The first-order valence-corrected chi connectivity index (χ1v) is 5.73. The molecule has 1 aromatic heterocycles. The van der Waals surface area contributed by atoms with Crippen molar-refractivity contribution in [2.45, 2.75) is 38.7 Å². The van der Waals surface area contributed by atoms with Crippen LogP contribution in [0.2, 0.25) is 0 Å². The van der Waals surface area contributed by atoms with Crippen LogP contribution in [0.1, 0.15) is 42.4 Å². The monoisotopic (exact) mass is 197 g/mol. The van der Waals surface area contributed by atoms with Gasteiger partial charge in [-0.1, -0.05) is 12.8 Å². The lowest BCUT2D eigenvalue weighted by molar-refractivity contribution is 0.165. The van der Waals surface area contributed by atoms with Gasteiger partial charge in [-0.15, -0.1) is 11.3 Å². The van der Waals surface area contributed by atoms with Crippen LogP contribution in [0.25, 0.3) is 0 Å². The SMILES string of the molecule is Cc1ncsc1C(O)CCC1CC1. The van der Waals surface area contributed by atoms with Gasteiger partial charge in [0.1, 0.15) is 0 Å². The second kappa shape index (κ2) is 3.76. The first-order chi connectivity index (χ1) is 6.27. The van der Waals surface area contributed by atoms with Crippen molar-refractivity contribution in [2.75, 3.05) is 0 Å². The molecule has 0 bridgehead atoms. The first-order valence-electron chi connectivity index (χ1n) is 4.85. The molecule has 3 heteroatoms. The van der Waals surface area contributed by atoms with Crippen LogP contribution in [0.4, 0.5) is 0 Å². The quantitative estimate of drug-likeness (QED) is 0.805. The summed E-state index contributed by atoms with van der Waals surface area (Å²) in [6, 6.07) is 0. The Bertz CT molecular complexity index is 280. The highest BCUT2D eigenvalue weighted by molar-refractivity contribution is 7.09. The van der Waals surface area contributed by atoms with Crippen molar-refractivity contribution in [3.8, 4) is 0 Å². The smallest absolute Gasteiger partial charge is 0.0900 e. The number of aryl methyl sites for hydroxylation is 1. The van der Waals surface area contributed by atoms with Crippen molar-refractivity contribution in [3.63, 3.8) is 0 Å². The summed E-state index contributed by atoms with van der Waals surface area (Å²) in [5, 5.41) is 9.84. The maximum absolute atomic E-state index is 9.84. The first kappa shape index (κ1) is 9.16. The van der Waals surface area contributed by atoms with E-state index in [9.17, 15) is 5.11 Å². The Labute approximate surface area is 82.6 Å². The molecule has 2 nitrogen and oxygen atoms in total. The van der Waals surface area contributed by atoms with Crippen molar-refractivity contribution in [1.82, 2.24) is 4.98 Å². The van der Waals surface area contributed by atoms with E-state index in [0.717, 1.165) is 22.9 Å². The molecule has 0 amide bonds. The highest BCUT2D eigenvalue weighted by Gasteiger charge is 2.23. The fourth-order valence-corrected chi connectivity index (χ4v) is 2.38. The predicted molar refractivity (Wildman–Crippen MR) is 53.8 cm³/mol. The third kappa shape index (κ3) is 2.29. The Morgan fingerprint density at radius 1 is 1.69 bits per heavy atom. The van der Waals surface area contributed by atoms with Crippen molar-refractivity contribution < 1.29 is 5.11 Å². The van der Waals surface area contributed by atoms with Crippen molar-refractivity contribution >= 4 is 11.3 Å². The summed E-state index contributed by atoms with van der Waals surface area (Å²) >= 11 is 1.57. The molecule has 1 fully saturated rings. The number of hydrogen-bond acceptors (Lipinski definition) is 3. The molecule has 1 saturated carbocycles. The average molecular weight is 197 g/mol. The molecule has 1 atom stereocenters. The molecular formula is C10H15NOS. The number of aliphatic hydroxyl groups is 1. The number of aromatic nitrogens is 1. The van der Waals surface area contributed by atoms with E-state index in [4.69, 9.17) is 0 Å². The van der Waals surface area contributed by atoms with Gasteiger partial charge in [-0.3, -0.25) is 0 Å². The zero-order valence-electron chi connectivity index (χ0n) is 7.86. The van der Waals surface area contributed by atoms with Crippen LogP contribution in [-0.4, -0.2) is 10.1 Å². The molecule has 1 N–H and O–H groups in total. The van der Waals surface area contributed by atoms with E-state index in [0.29, 0.717) is 0 Å². The van der Waals surface area contributed by atoms with E-state index in [2.05, 4.69) is 4.98 Å². The van der Waals surface area contributed by atoms with Gasteiger partial charge in [0.2, 0.25) is 0 Å². The van der Waals surface area contributed by atoms with Crippen LogP contribution in [0, 0.1) is 12.8 Å². The van der Waals surface area contributed by atoms with Gasteiger partial charge in [-0.2, -0.15) is 0 Å². The molecule has 72 valence electrons. The molecular weight excluding hydrogens is 182 g/mol. The number of hydrogen-bond donors (Lipinski definition) is 1. The van der Waals surface area contributed by atoms with Gasteiger partial charge in [0, 0.05) is 0 Å². The van der Waals surface area contributed by atoms with Crippen LogP contribution in [0.5, 0.6) is 0 Å². The number of rotatable bonds is 4. The van der Waals surface area contributed by atoms with Gasteiger partial charge in [0.25, 0.3) is 0 Å². The summed E-state index contributed by atoms with van der Waals surface area (Å²) in [5.41, 5.74) is 2.80. The number of nitrogens with zero attached hydrogens (tertiary/aromatic N) is 1. The van der Waals surface area contributed by atoms with Crippen LogP contribution >= 0.6 is 11.3 Å². The molecule has 2 rings (SSSR count). The maximum atomic E-state index is 9.84. The van der Waals surface area contributed by atoms with Crippen molar-refractivity contribution in [1.29, 1.82) is 0 Å². The van der Waals surface area contributed by atoms with E-state index in [1.54, 1.807) is 11.3 Å². The number of aliphatic hydroxyl groups excluding tert-OH is 1. The highest BCUT2D eigenvalue weighted by Crippen LogP contribution is 2.36. The molecule has 1 unspecified atom stereocenters. The Morgan fingerprint density at radius 3 is 3.00 bits per heavy atom. The minimum absolute atomic E-state index is 0.270. The normalized spacial score (nSPS) is 18.9. The zero-order valence-corrected chi connectivity index (χ0v) is 8.68. The minimum atomic E-state index is -0.270. The van der Waals surface area contributed by atoms with Crippen LogP contribution in [-0.2, 0) is 0 Å².